The summed E-state index contributed by atoms with van der Waals surface area (Å²) >= 11 is 0. The van der Waals surface area contributed by atoms with Crippen LogP contribution in [-0.2, 0) is 28.6 Å². The molecule has 1 saturated carbocycles. The van der Waals surface area contributed by atoms with Crippen LogP contribution in [0.3, 0.4) is 0 Å². The molecule has 0 spiro atoms. The van der Waals surface area contributed by atoms with Crippen LogP contribution in [0.1, 0.15) is 52.5 Å². The van der Waals surface area contributed by atoms with Crippen molar-refractivity contribution in [3.05, 3.63) is 47.5 Å². The summed E-state index contributed by atoms with van der Waals surface area (Å²) in [7, 11) is 1.38. The van der Waals surface area contributed by atoms with Crippen LogP contribution < -0.4 is 0 Å². The van der Waals surface area contributed by atoms with E-state index in [1.807, 2.05) is 26.8 Å². The second-order valence-corrected chi connectivity index (χ2v) is 11.7. The first-order chi connectivity index (χ1) is 16.5. The van der Waals surface area contributed by atoms with Crippen molar-refractivity contribution in [2.75, 3.05) is 7.11 Å². The number of carbonyl (C=O) groups is 3. The second kappa shape index (κ2) is 6.96. The van der Waals surface area contributed by atoms with Crippen molar-refractivity contribution in [1.82, 2.24) is 0 Å². The molecule has 2 saturated heterocycles. The minimum absolute atomic E-state index is 0.0743. The zero-order valence-corrected chi connectivity index (χ0v) is 21.0. The monoisotopic (exact) mass is 480 g/mol. The molecule has 0 aromatic carbocycles. The molecule has 186 valence electrons. The van der Waals surface area contributed by atoms with Gasteiger partial charge in [0.25, 0.3) is 0 Å². The van der Waals surface area contributed by atoms with Gasteiger partial charge in [0.2, 0.25) is 0 Å². The molecule has 1 aromatic rings. The summed E-state index contributed by atoms with van der Waals surface area (Å²) in [6.07, 6.45) is 6.20. The van der Waals surface area contributed by atoms with Gasteiger partial charge in [-0.05, 0) is 49.5 Å². The molecular weight excluding hydrogens is 448 g/mol. The molecule has 3 aliphatic carbocycles. The Labute approximate surface area is 204 Å². The van der Waals surface area contributed by atoms with Crippen LogP contribution in [0.15, 0.2) is 46.3 Å². The van der Waals surface area contributed by atoms with Gasteiger partial charge in [0.05, 0.1) is 37.1 Å². The summed E-state index contributed by atoms with van der Waals surface area (Å²) in [4.78, 5) is 40.2. The number of ether oxygens (including phenoxy) is 3. The fraction of sp³-hybridized carbons (Fsp3) is 0.607. The highest BCUT2D eigenvalue weighted by molar-refractivity contribution is 6.00. The SMILES string of the molecule is COC(=O)C(C)[C@H]1[C@]2(C)C3=C(C)[C@H](c4ccoc4)C[C@H]3O[C@@H]2[C@@H]2OC(=O)[C@]3(C)C=CC(=O)[C@@]1(C)[C@@H]23. The maximum absolute atomic E-state index is 13.8. The van der Waals surface area contributed by atoms with E-state index in [9.17, 15) is 14.4 Å². The Morgan fingerprint density at radius 3 is 2.60 bits per heavy atom. The predicted molar refractivity (Wildman–Crippen MR) is 124 cm³/mol. The van der Waals surface area contributed by atoms with E-state index in [1.165, 1.54) is 18.8 Å². The molecule has 0 bridgehead atoms. The van der Waals surface area contributed by atoms with Gasteiger partial charge >= 0.3 is 11.9 Å². The van der Waals surface area contributed by atoms with Crippen LogP contribution in [0.4, 0.5) is 0 Å². The molecule has 7 nitrogen and oxygen atoms in total. The van der Waals surface area contributed by atoms with E-state index in [-0.39, 0.29) is 29.7 Å². The molecule has 0 radical (unpaired) electrons. The summed E-state index contributed by atoms with van der Waals surface area (Å²) in [6, 6.07) is 1.97. The highest BCUT2D eigenvalue weighted by Gasteiger charge is 2.78. The average Bonchev–Trinajstić information content (AvgIpc) is 3.56. The lowest BCUT2D eigenvalue weighted by Gasteiger charge is -2.60. The Morgan fingerprint density at radius 2 is 1.94 bits per heavy atom. The number of carbonyl (C=O) groups excluding carboxylic acids is 3. The smallest absolute Gasteiger partial charge is 0.316 e. The molecule has 3 heterocycles. The van der Waals surface area contributed by atoms with Crippen LogP contribution in [0, 0.1) is 34.0 Å². The van der Waals surface area contributed by atoms with Gasteiger partial charge in [-0.15, -0.1) is 0 Å². The summed E-state index contributed by atoms with van der Waals surface area (Å²) in [5.74, 6) is -2.12. The molecule has 0 N–H and O–H groups in total. The Hall–Kier alpha value is -2.67. The molecule has 6 rings (SSSR count). The number of fused-ring (bicyclic) bond motifs is 4. The number of ketones is 1. The lowest BCUT2D eigenvalue weighted by Crippen LogP contribution is -2.67. The molecule has 5 aliphatic rings. The van der Waals surface area contributed by atoms with E-state index in [0.717, 1.165) is 17.6 Å². The van der Waals surface area contributed by atoms with Crippen LogP contribution in [0.2, 0.25) is 0 Å². The molecule has 3 fully saturated rings. The highest BCUT2D eigenvalue weighted by atomic mass is 16.6. The third-order valence-corrected chi connectivity index (χ3v) is 10.2. The number of rotatable bonds is 3. The summed E-state index contributed by atoms with van der Waals surface area (Å²) < 4.78 is 23.4. The number of hydrogen-bond acceptors (Lipinski definition) is 7. The van der Waals surface area contributed by atoms with Gasteiger partial charge < -0.3 is 18.6 Å². The number of hydrogen-bond donors (Lipinski definition) is 0. The van der Waals surface area contributed by atoms with Gasteiger partial charge in [-0.2, -0.15) is 0 Å². The Balaban J connectivity index is 1.61. The van der Waals surface area contributed by atoms with E-state index in [2.05, 4.69) is 13.8 Å². The molecule has 1 unspecified atom stereocenters. The zero-order valence-electron chi connectivity index (χ0n) is 21.0. The number of esters is 2. The van der Waals surface area contributed by atoms with Gasteiger partial charge in [-0.1, -0.05) is 32.4 Å². The van der Waals surface area contributed by atoms with Gasteiger partial charge in [-0.25, -0.2) is 0 Å². The molecule has 1 aromatic heterocycles. The van der Waals surface area contributed by atoms with E-state index >= 15 is 0 Å². The van der Waals surface area contributed by atoms with Gasteiger partial charge in [0, 0.05) is 22.7 Å². The van der Waals surface area contributed by atoms with E-state index in [0.29, 0.717) is 0 Å². The molecule has 7 heteroatoms. The number of methoxy groups -OCH3 is 1. The van der Waals surface area contributed by atoms with Crippen molar-refractivity contribution < 1.29 is 33.0 Å². The lowest BCUT2D eigenvalue weighted by molar-refractivity contribution is -0.198. The minimum atomic E-state index is -1.02. The third-order valence-electron chi connectivity index (χ3n) is 10.2. The molecule has 2 aliphatic heterocycles. The predicted octanol–water partition coefficient (Wildman–Crippen LogP) is 3.99. The first-order valence-electron chi connectivity index (χ1n) is 12.4. The van der Waals surface area contributed by atoms with Gasteiger partial charge in [0.15, 0.2) is 5.78 Å². The zero-order chi connectivity index (χ0) is 25.1. The molecular formula is C28H32O7. The van der Waals surface area contributed by atoms with Crippen molar-refractivity contribution in [1.29, 1.82) is 0 Å². The summed E-state index contributed by atoms with van der Waals surface area (Å²) in [6.45, 7) is 9.84. The van der Waals surface area contributed by atoms with Crippen molar-refractivity contribution in [3.63, 3.8) is 0 Å². The van der Waals surface area contributed by atoms with Crippen molar-refractivity contribution in [2.24, 2.45) is 34.0 Å². The summed E-state index contributed by atoms with van der Waals surface area (Å²) in [5.41, 5.74) is 0.716. The first kappa shape index (κ1) is 22.8. The standard InChI is InChI=1S/C28H32O7/c1-13-16(15-8-10-33-12-15)11-17-19(13)28(5)21(14(2)24(30)32-6)27(4)18(29)7-9-26(3)22(27)20(23(28)34-17)35-25(26)31/h7-10,12,14,16-17,20-23H,11H2,1-6H3/t14?,16-,17-,20-,21-,22+,23-,26-,27-,28+/m1/s1. The van der Waals surface area contributed by atoms with Crippen molar-refractivity contribution in [2.45, 2.75) is 65.3 Å². The normalized spacial score (nSPS) is 46.2. The Morgan fingerprint density at radius 1 is 1.20 bits per heavy atom. The molecule has 35 heavy (non-hydrogen) atoms. The third kappa shape index (κ3) is 2.48. The van der Waals surface area contributed by atoms with Crippen molar-refractivity contribution in [3.8, 4) is 0 Å². The van der Waals surface area contributed by atoms with E-state index in [4.69, 9.17) is 18.6 Å². The second-order valence-electron chi connectivity index (χ2n) is 11.7. The topological polar surface area (TPSA) is 92.0 Å². The first-order valence-corrected chi connectivity index (χ1v) is 12.4. The lowest BCUT2D eigenvalue weighted by atomic mass is 9.40. The number of allylic oxidation sites excluding steroid dienone is 2. The maximum Gasteiger partial charge on any atom is 0.316 e. The van der Waals surface area contributed by atoms with E-state index in [1.54, 1.807) is 18.6 Å². The Kier molecular flexibility index (Phi) is 4.53. The fourth-order valence-electron chi connectivity index (χ4n) is 9.01. The van der Waals surface area contributed by atoms with Gasteiger partial charge in [-0.3, -0.25) is 14.4 Å². The molecule has 10 atom stereocenters. The maximum atomic E-state index is 13.8. The average molecular weight is 481 g/mol. The van der Waals surface area contributed by atoms with Crippen LogP contribution in [0.25, 0.3) is 0 Å². The number of furan rings is 1. The fourth-order valence-corrected chi connectivity index (χ4v) is 9.01. The molecule has 0 amide bonds. The van der Waals surface area contributed by atoms with Crippen LogP contribution in [-0.4, -0.2) is 43.1 Å². The largest absolute Gasteiger partial charge is 0.472 e. The minimum Gasteiger partial charge on any atom is -0.472 e. The highest BCUT2D eigenvalue weighted by Crippen LogP contribution is 2.72. The summed E-state index contributed by atoms with van der Waals surface area (Å²) in [5, 5.41) is 0. The van der Waals surface area contributed by atoms with E-state index < -0.39 is 46.2 Å². The van der Waals surface area contributed by atoms with Crippen molar-refractivity contribution >= 4 is 17.7 Å². The van der Waals surface area contributed by atoms with Crippen LogP contribution in [0.5, 0.6) is 0 Å². The van der Waals surface area contributed by atoms with Crippen LogP contribution >= 0.6 is 0 Å². The quantitative estimate of drug-likeness (QED) is 0.477. The van der Waals surface area contributed by atoms with Gasteiger partial charge in [0.1, 0.15) is 12.2 Å². The Bertz CT molecular complexity index is 1190.